The van der Waals surface area contributed by atoms with E-state index in [1.807, 2.05) is 6.92 Å². The molecule has 1 atom stereocenters. The van der Waals surface area contributed by atoms with Crippen LogP contribution in [0.15, 0.2) is 12.7 Å². The number of hydrogen-bond donors (Lipinski definition) is 2. The molecule has 0 aromatic carbocycles. The molecule has 0 aromatic heterocycles. The van der Waals surface area contributed by atoms with Crippen LogP contribution in [-0.2, 0) is 11.4 Å². The highest BCUT2D eigenvalue weighted by Gasteiger charge is 2.08. The van der Waals surface area contributed by atoms with Gasteiger partial charge >= 0.3 is 0 Å². The van der Waals surface area contributed by atoms with E-state index < -0.39 is 11.4 Å². The molecule has 0 aromatic rings. The maximum absolute atomic E-state index is 10.8. The quantitative estimate of drug-likeness (QED) is 0.363. The van der Waals surface area contributed by atoms with Crippen LogP contribution in [0.25, 0.3) is 0 Å². The summed E-state index contributed by atoms with van der Waals surface area (Å²) in [5.74, 6) is 0. The van der Waals surface area contributed by atoms with Gasteiger partial charge in [-0.2, -0.15) is 0 Å². The average molecular weight is 160 g/mol. The van der Waals surface area contributed by atoms with Crippen LogP contribution in [0, 0.1) is 5.41 Å². The molecule has 0 saturated carbocycles. The third-order valence-electron chi connectivity index (χ3n) is 0.868. The highest BCUT2D eigenvalue weighted by Crippen LogP contribution is 1.88. The number of nitrogens with one attached hydrogen (secondary N) is 2. The lowest BCUT2D eigenvalue weighted by atomic mass is 10.5. The first-order valence-corrected chi connectivity index (χ1v) is 4.23. The lowest BCUT2D eigenvalue weighted by molar-refractivity contribution is 0.592. The largest absolute Gasteiger partial charge is 0.592 e. The van der Waals surface area contributed by atoms with Crippen molar-refractivity contribution in [2.75, 3.05) is 6.54 Å². The van der Waals surface area contributed by atoms with Crippen LogP contribution in [0.5, 0.6) is 0 Å². The summed E-state index contributed by atoms with van der Waals surface area (Å²) in [5.41, 5.74) is 0. The summed E-state index contributed by atoms with van der Waals surface area (Å²) in [7, 11) is 0. The Labute approximate surface area is 64.3 Å². The second-order valence-corrected chi connectivity index (χ2v) is 3.00. The molecule has 0 aliphatic heterocycles. The highest BCUT2D eigenvalue weighted by molar-refractivity contribution is 8.05. The van der Waals surface area contributed by atoms with Crippen molar-refractivity contribution in [1.29, 1.82) is 5.41 Å². The van der Waals surface area contributed by atoms with Gasteiger partial charge < -0.3 is 4.55 Å². The Balaban J connectivity index is 3.51. The Morgan fingerprint density at radius 1 is 1.90 bits per heavy atom. The Hall–Kier alpha value is -0.320. The average Bonchev–Trinajstić information content (AvgIpc) is 1.98. The maximum atomic E-state index is 10.8. The summed E-state index contributed by atoms with van der Waals surface area (Å²) in [6.45, 7) is 5.98. The van der Waals surface area contributed by atoms with Crippen LogP contribution in [0.1, 0.15) is 13.3 Å². The van der Waals surface area contributed by atoms with Gasteiger partial charge in [-0.15, -0.1) is 4.72 Å². The van der Waals surface area contributed by atoms with Gasteiger partial charge in [0.15, 0.2) is 0 Å². The van der Waals surface area contributed by atoms with E-state index >= 15 is 0 Å². The molecule has 10 heavy (non-hydrogen) atoms. The summed E-state index contributed by atoms with van der Waals surface area (Å²) in [4.78, 5) is 0. The SMILES string of the molecule is C=CC(=N)[S+]([O-])NCCC. The van der Waals surface area contributed by atoms with E-state index in [2.05, 4.69) is 11.3 Å². The zero-order chi connectivity index (χ0) is 7.98. The second-order valence-electron chi connectivity index (χ2n) is 1.73. The van der Waals surface area contributed by atoms with Crippen molar-refractivity contribution >= 4 is 16.4 Å². The van der Waals surface area contributed by atoms with Gasteiger partial charge in [0.1, 0.15) is 0 Å². The van der Waals surface area contributed by atoms with Gasteiger partial charge in [0.2, 0.25) is 0 Å². The first-order chi connectivity index (χ1) is 4.72. The molecular weight excluding hydrogens is 148 g/mol. The minimum Gasteiger partial charge on any atom is -0.592 e. The zero-order valence-electron chi connectivity index (χ0n) is 6.02. The molecule has 4 heteroatoms. The first-order valence-electron chi connectivity index (χ1n) is 3.08. The van der Waals surface area contributed by atoms with Crippen LogP contribution < -0.4 is 4.72 Å². The van der Waals surface area contributed by atoms with Gasteiger partial charge in [-0.3, -0.25) is 5.41 Å². The molecular formula is C6H12N2OS. The molecule has 0 amide bonds. The fourth-order valence-electron chi connectivity index (χ4n) is 0.348. The molecule has 0 heterocycles. The fourth-order valence-corrected chi connectivity index (χ4v) is 1.04. The smallest absolute Gasteiger partial charge is 0.257 e. The Morgan fingerprint density at radius 3 is 2.90 bits per heavy atom. The van der Waals surface area contributed by atoms with Crippen LogP contribution in [-0.4, -0.2) is 16.1 Å². The van der Waals surface area contributed by atoms with Gasteiger partial charge in [-0.25, -0.2) is 0 Å². The van der Waals surface area contributed by atoms with Crippen molar-refractivity contribution in [3.63, 3.8) is 0 Å². The third kappa shape index (κ3) is 3.66. The molecule has 3 nitrogen and oxygen atoms in total. The molecule has 0 aliphatic rings. The summed E-state index contributed by atoms with van der Waals surface area (Å²) in [6, 6.07) is 0. The van der Waals surface area contributed by atoms with E-state index in [-0.39, 0.29) is 5.04 Å². The van der Waals surface area contributed by atoms with E-state index in [0.29, 0.717) is 6.54 Å². The van der Waals surface area contributed by atoms with E-state index in [1.165, 1.54) is 6.08 Å². The summed E-state index contributed by atoms with van der Waals surface area (Å²) in [5, 5.41) is 7.08. The molecule has 2 N–H and O–H groups in total. The minimum atomic E-state index is -1.35. The van der Waals surface area contributed by atoms with E-state index in [1.54, 1.807) is 0 Å². The predicted molar refractivity (Wildman–Crippen MR) is 44.4 cm³/mol. The molecule has 0 saturated heterocycles. The van der Waals surface area contributed by atoms with Crippen molar-refractivity contribution in [2.45, 2.75) is 13.3 Å². The van der Waals surface area contributed by atoms with Gasteiger partial charge in [0.05, 0.1) is 11.4 Å². The normalized spacial score (nSPS) is 12.6. The van der Waals surface area contributed by atoms with Gasteiger partial charge in [0.25, 0.3) is 5.04 Å². The molecule has 0 rings (SSSR count). The Kier molecular flexibility index (Phi) is 5.29. The van der Waals surface area contributed by atoms with Gasteiger partial charge in [-0.1, -0.05) is 13.5 Å². The monoisotopic (exact) mass is 160 g/mol. The molecule has 0 aliphatic carbocycles. The lowest BCUT2D eigenvalue weighted by Crippen LogP contribution is -2.29. The van der Waals surface area contributed by atoms with Crippen LogP contribution in [0.4, 0.5) is 0 Å². The van der Waals surface area contributed by atoms with Crippen molar-refractivity contribution in [3.8, 4) is 0 Å². The van der Waals surface area contributed by atoms with Gasteiger partial charge in [0, 0.05) is 12.6 Å². The molecule has 0 radical (unpaired) electrons. The lowest BCUT2D eigenvalue weighted by Gasteiger charge is -2.06. The van der Waals surface area contributed by atoms with Crippen molar-refractivity contribution in [3.05, 3.63) is 12.7 Å². The van der Waals surface area contributed by atoms with Crippen LogP contribution >= 0.6 is 0 Å². The fraction of sp³-hybridized carbons (Fsp3) is 0.500. The molecule has 58 valence electrons. The summed E-state index contributed by atoms with van der Waals surface area (Å²) < 4.78 is 13.5. The summed E-state index contributed by atoms with van der Waals surface area (Å²) in [6.07, 6.45) is 2.19. The van der Waals surface area contributed by atoms with Crippen LogP contribution in [0.2, 0.25) is 0 Å². The zero-order valence-corrected chi connectivity index (χ0v) is 6.83. The van der Waals surface area contributed by atoms with E-state index in [4.69, 9.17) is 5.41 Å². The van der Waals surface area contributed by atoms with Crippen molar-refractivity contribution < 1.29 is 4.55 Å². The van der Waals surface area contributed by atoms with Crippen molar-refractivity contribution in [1.82, 2.24) is 4.72 Å². The first kappa shape index (κ1) is 9.68. The Morgan fingerprint density at radius 2 is 2.50 bits per heavy atom. The van der Waals surface area contributed by atoms with E-state index in [0.717, 1.165) is 6.42 Å². The van der Waals surface area contributed by atoms with Crippen LogP contribution in [0.3, 0.4) is 0 Å². The van der Waals surface area contributed by atoms with E-state index in [9.17, 15) is 4.55 Å². The highest BCUT2D eigenvalue weighted by atomic mass is 32.2. The standard InChI is InChI=1S/C6H12N2OS/c1-3-5-8-10(9)6(7)4-2/h4,7-8H,2-3,5H2,1H3. The second kappa shape index (κ2) is 5.46. The molecule has 1 unspecified atom stereocenters. The van der Waals surface area contributed by atoms with Gasteiger partial charge in [-0.05, 0) is 6.42 Å². The predicted octanol–water partition coefficient (Wildman–Crippen LogP) is 0.813. The Bertz CT molecular complexity index is 127. The third-order valence-corrected chi connectivity index (χ3v) is 1.90. The summed E-state index contributed by atoms with van der Waals surface area (Å²) >= 11 is -1.35. The molecule has 0 bridgehead atoms. The molecule has 0 spiro atoms. The minimum absolute atomic E-state index is 0.0356. The number of rotatable bonds is 4. The molecule has 0 fully saturated rings. The number of hydrogen-bond acceptors (Lipinski definition) is 3. The van der Waals surface area contributed by atoms with Crippen molar-refractivity contribution in [2.24, 2.45) is 0 Å². The maximum Gasteiger partial charge on any atom is 0.257 e. The topological polar surface area (TPSA) is 58.9 Å².